The van der Waals surface area contributed by atoms with Gasteiger partial charge in [-0.25, -0.2) is 0 Å². The van der Waals surface area contributed by atoms with Gasteiger partial charge in [0.25, 0.3) is 11.8 Å². The van der Waals surface area contributed by atoms with Crippen molar-refractivity contribution in [2.75, 3.05) is 7.11 Å². The molecule has 0 aliphatic carbocycles. The summed E-state index contributed by atoms with van der Waals surface area (Å²) >= 11 is 0. The van der Waals surface area contributed by atoms with E-state index in [-0.39, 0.29) is 11.5 Å². The van der Waals surface area contributed by atoms with E-state index in [4.69, 9.17) is 4.74 Å². The zero-order valence-corrected chi connectivity index (χ0v) is 15.4. The number of halogens is 2. The Labute approximate surface area is 161 Å². The van der Waals surface area contributed by atoms with Gasteiger partial charge in [0.1, 0.15) is 0 Å². The molecule has 0 radical (unpaired) electrons. The minimum absolute atomic E-state index is 0.103. The Balaban J connectivity index is 1.92. The van der Waals surface area contributed by atoms with Crippen LogP contribution in [0.4, 0.5) is 8.78 Å². The fourth-order valence-electron chi connectivity index (χ4n) is 2.28. The van der Waals surface area contributed by atoms with Crippen LogP contribution < -0.4 is 20.3 Å². The Kier molecular flexibility index (Phi) is 7.50. The van der Waals surface area contributed by atoms with Crippen molar-refractivity contribution in [2.45, 2.75) is 20.0 Å². The molecule has 0 spiro atoms. The number of amides is 2. The van der Waals surface area contributed by atoms with Crippen LogP contribution in [0.25, 0.3) is 6.08 Å². The number of alkyl halides is 2. The molecule has 2 amide bonds. The average molecular weight is 390 g/mol. The molecule has 0 aliphatic rings. The highest BCUT2D eigenvalue weighted by Gasteiger charge is 2.10. The van der Waals surface area contributed by atoms with Crippen molar-refractivity contribution >= 4 is 17.9 Å². The topological polar surface area (TPSA) is 76.7 Å². The van der Waals surface area contributed by atoms with Crippen molar-refractivity contribution in [3.05, 3.63) is 65.2 Å². The van der Waals surface area contributed by atoms with Gasteiger partial charge in [-0.05, 0) is 47.9 Å². The summed E-state index contributed by atoms with van der Waals surface area (Å²) < 4.78 is 34.0. The number of hydrazine groups is 1. The number of carbonyl (C=O) groups excluding carboxylic acids is 2. The Hall–Kier alpha value is -3.42. The van der Waals surface area contributed by atoms with Crippen molar-refractivity contribution in [1.82, 2.24) is 10.9 Å². The second-order valence-corrected chi connectivity index (χ2v) is 5.62. The zero-order chi connectivity index (χ0) is 20.5. The molecule has 0 aromatic heterocycles. The number of hydrogen-bond donors (Lipinski definition) is 2. The molecule has 2 aromatic rings. The molecular weight excluding hydrogens is 370 g/mol. The van der Waals surface area contributed by atoms with Crippen molar-refractivity contribution in [2.24, 2.45) is 0 Å². The molecule has 0 bridgehead atoms. The molecule has 2 rings (SSSR count). The van der Waals surface area contributed by atoms with Crippen LogP contribution in [0.3, 0.4) is 0 Å². The third kappa shape index (κ3) is 6.08. The van der Waals surface area contributed by atoms with E-state index in [2.05, 4.69) is 15.6 Å². The first kappa shape index (κ1) is 20.9. The van der Waals surface area contributed by atoms with E-state index in [1.165, 1.54) is 37.5 Å². The number of benzene rings is 2. The highest BCUT2D eigenvalue weighted by Crippen LogP contribution is 2.29. The van der Waals surface area contributed by atoms with Crippen molar-refractivity contribution in [1.29, 1.82) is 0 Å². The maximum atomic E-state index is 12.3. The number of hydrogen-bond acceptors (Lipinski definition) is 4. The van der Waals surface area contributed by atoms with Gasteiger partial charge in [-0.3, -0.25) is 20.4 Å². The first-order valence-corrected chi connectivity index (χ1v) is 8.43. The van der Waals surface area contributed by atoms with Crippen LogP contribution in [0.1, 0.15) is 28.4 Å². The fourth-order valence-corrected chi connectivity index (χ4v) is 2.28. The number of rotatable bonds is 7. The number of aryl methyl sites for hydroxylation is 1. The van der Waals surface area contributed by atoms with E-state index < -0.39 is 18.4 Å². The first-order chi connectivity index (χ1) is 13.4. The van der Waals surface area contributed by atoms with Gasteiger partial charge in [0.05, 0.1) is 7.11 Å². The average Bonchev–Trinajstić information content (AvgIpc) is 2.70. The molecular formula is C20H20F2N2O4. The second kappa shape index (κ2) is 10.1. The summed E-state index contributed by atoms with van der Waals surface area (Å²) in [5, 5.41) is 0. The van der Waals surface area contributed by atoms with Gasteiger partial charge in [-0.2, -0.15) is 8.78 Å². The Morgan fingerprint density at radius 2 is 1.79 bits per heavy atom. The molecule has 0 saturated carbocycles. The standard InChI is InChI=1S/C20H20F2N2O4/c1-3-13-4-8-15(9-5-13)19(26)24-23-18(25)11-7-14-6-10-16(28-20(21)22)17(12-14)27-2/h4-12,20H,3H2,1-2H3,(H,23,25)(H,24,26)/b11-7+. The highest BCUT2D eigenvalue weighted by atomic mass is 19.3. The van der Waals surface area contributed by atoms with Gasteiger partial charge in [0, 0.05) is 11.6 Å². The van der Waals surface area contributed by atoms with Gasteiger partial charge in [-0.15, -0.1) is 0 Å². The van der Waals surface area contributed by atoms with E-state index in [0.29, 0.717) is 11.1 Å². The second-order valence-electron chi connectivity index (χ2n) is 5.62. The summed E-state index contributed by atoms with van der Waals surface area (Å²) in [5.74, 6) is -1.02. The highest BCUT2D eigenvalue weighted by molar-refractivity contribution is 5.97. The lowest BCUT2D eigenvalue weighted by molar-refractivity contribution is -0.117. The Morgan fingerprint density at radius 3 is 2.39 bits per heavy atom. The Bertz CT molecular complexity index is 852. The summed E-state index contributed by atoms with van der Waals surface area (Å²) in [6.45, 7) is -0.959. The van der Waals surface area contributed by atoms with Gasteiger partial charge >= 0.3 is 6.61 Å². The lowest BCUT2D eigenvalue weighted by Gasteiger charge is -2.10. The van der Waals surface area contributed by atoms with E-state index >= 15 is 0 Å². The largest absolute Gasteiger partial charge is 0.493 e. The monoisotopic (exact) mass is 390 g/mol. The first-order valence-electron chi connectivity index (χ1n) is 8.43. The Morgan fingerprint density at radius 1 is 1.07 bits per heavy atom. The predicted molar refractivity (Wildman–Crippen MR) is 100 cm³/mol. The van der Waals surface area contributed by atoms with E-state index in [9.17, 15) is 18.4 Å². The van der Waals surface area contributed by atoms with Crippen molar-refractivity contribution in [3.8, 4) is 11.5 Å². The van der Waals surface area contributed by atoms with Crippen LogP contribution in [0.5, 0.6) is 11.5 Å². The minimum atomic E-state index is -2.97. The lowest BCUT2D eigenvalue weighted by Crippen LogP contribution is -2.40. The number of ether oxygens (including phenoxy) is 2. The van der Waals surface area contributed by atoms with E-state index in [1.807, 2.05) is 19.1 Å². The van der Waals surface area contributed by atoms with Gasteiger partial charge in [0.15, 0.2) is 11.5 Å². The smallest absolute Gasteiger partial charge is 0.387 e. The molecule has 0 saturated heterocycles. The minimum Gasteiger partial charge on any atom is -0.493 e. The fraction of sp³-hybridized carbons (Fsp3) is 0.200. The summed E-state index contributed by atoms with van der Waals surface area (Å²) in [5.41, 5.74) is 6.61. The quantitative estimate of drug-likeness (QED) is 0.562. The summed E-state index contributed by atoms with van der Waals surface area (Å²) in [6, 6.07) is 11.3. The zero-order valence-electron chi connectivity index (χ0n) is 15.4. The maximum Gasteiger partial charge on any atom is 0.387 e. The molecule has 148 valence electrons. The lowest BCUT2D eigenvalue weighted by atomic mass is 10.1. The molecule has 0 aliphatic heterocycles. The third-order valence-electron chi connectivity index (χ3n) is 3.75. The third-order valence-corrected chi connectivity index (χ3v) is 3.75. The number of nitrogens with one attached hydrogen (secondary N) is 2. The molecule has 8 heteroatoms. The summed E-state index contributed by atoms with van der Waals surface area (Å²) in [7, 11) is 1.32. The molecule has 6 nitrogen and oxygen atoms in total. The van der Waals surface area contributed by atoms with Crippen LogP contribution in [-0.4, -0.2) is 25.5 Å². The SMILES string of the molecule is CCc1ccc(C(=O)NNC(=O)/C=C/c2ccc(OC(F)F)c(OC)c2)cc1. The maximum absolute atomic E-state index is 12.3. The summed E-state index contributed by atoms with van der Waals surface area (Å²) in [6.07, 6.45) is 3.48. The van der Waals surface area contributed by atoms with Crippen molar-refractivity contribution < 1.29 is 27.8 Å². The van der Waals surface area contributed by atoms with Crippen LogP contribution in [-0.2, 0) is 11.2 Å². The normalized spacial score (nSPS) is 10.8. The number of methoxy groups -OCH3 is 1. The molecule has 0 fully saturated rings. The van der Waals surface area contributed by atoms with Crippen LogP contribution >= 0.6 is 0 Å². The van der Waals surface area contributed by atoms with Gasteiger partial charge in [-0.1, -0.05) is 25.1 Å². The van der Waals surface area contributed by atoms with Crippen LogP contribution in [0.2, 0.25) is 0 Å². The predicted octanol–water partition coefficient (Wildman–Crippen LogP) is 3.33. The molecule has 2 N–H and O–H groups in total. The molecule has 0 unspecified atom stereocenters. The molecule has 2 aromatic carbocycles. The van der Waals surface area contributed by atoms with Gasteiger partial charge < -0.3 is 9.47 Å². The van der Waals surface area contributed by atoms with Crippen molar-refractivity contribution in [3.63, 3.8) is 0 Å². The van der Waals surface area contributed by atoms with Gasteiger partial charge in [0.2, 0.25) is 0 Å². The molecule has 0 heterocycles. The number of carbonyl (C=O) groups is 2. The van der Waals surface area contributed by atoms with E-state index in [1.54, 1.807) is 12.1 Å². The molecule has 0 atom stereocenters. The van der Waals surface area contributed by atoms with Crippen LogP contribution in [0, 0.1) is 0 Å². The van der Waals surface area contributed by atoms with Crippen LogP contribution in [0.15, 0.2) is 48.5 Å². The molecule has 28 heavy (non-hydrogen) atoms. The van der Waals surface area contributed by atoms with E-state index in [0.717, 1.165) is 12.0 Å². The summed E-state index contributed by atoms with van der Waals surface area (Å²) in [4.78, 5) is 23.8.